The first-order valence-corrected chi connectivity index (χ1v) is 6.47. The number of nitrogens with one attached hydrogen (secondary N) is 1. The van der Waals surface area contributed by atoms with E-state index in [0.29, 0.717) is 12.0 Å². The highest BCUT2D eigenvalue weighted by molar-refractivity contribution is 14.0. The summed E-state index contributed by atoms with van der Waals surface area (Å²) in [6.07, 6.45) is 1.09. The lowest BCUT2D eigenvalue weighted by Crippen LogP contribution is -2.41. The van der Waals surface area contributed by atoms with Crippen LogP contribution in [-0.4, -0.2) is 32.1 Å². The minimum Gasteiger partial charge on any atom is -0.370 e. The molecule has 100 valence electrons. The van der Waals surface area contributed by atoms with Gasteiger partial charge in [-0.05, 0) is 30.7 Å². The molecule has 1 aliphatic rings. The Bertz CT molecular complexity index is 407. The second-order valence-corrected chi connectivity index (χ2v) is 5.08. The summed E-state index contributed by atoms with van der Waals surface area (Å²) in [6, 6.07) is 8.78. The van der Waals surface area contributed by atoms with E-state index in [1.807, 2.05) is 0 Å². The third-order valence-electron chi connectivity index (χ3n) is 2.97. The molecule has 1 aliphatic heterocycles. The second-order valence-electron chi connectivity index (χ2n) is 4.16. The topological polar surface area (TPSA) is 53.6 Å². The van der Waals surface area contributed by atoms with Gasteiger partial charge in [0.2, 0.25) is 0 Å². The third-order valence-corrected chi connectivity index (χ3v) is 3.50. The van der Waals surface area contributed by atoms with Crippen LogP contribution in [-0.2, 0) is 0 Å². The molecular weight excluding hydrogens is 407 g/mol. The summed E-state index contributed by atoms with van der Waals surface area (Å²) in [6.45, 7) is 2.02. The van der Waals surface area contributed by atoms with Gasteiger partial charge in [0.05, 0.1) is 0 Å². The van der Waals surface area contributed by atoms with Crippen LogP contribution in [0.15, 0.2) is 33.7 Å². The molecule has 1 aromatic rings. The van der Waals surface area contributed by atoms with Gasteiger partial charge in [0.25, 0.3) is 0 Å². The minimum absolute atomic E-state index is 0. The lowest BCUT2D eigenvalue weighted by atomic mass is 10.3. The molecule has 0 saturated carbocycles. The molecule has 0 aromatic heterocycles. The molecular formula is C12H18BrIN4. The molecule has 0 bridgehead atoms. The van der Waals surface area contributed by atoms with Crippen LogP contribution in [0.3, 0.4) is 0 Å². The van der Waals surface area contributed by atoms with Crippen molar-refractivity contribution in [3.8, 4) is 0 Å². The fraction of sp³-hybridized carbons (Fsp3) is 0.417. The zero-order valence-electron chi connectivity index (χ0n) is 10.3. The zero-order chi connectivity index (χ0) is 12.3. The molecule has 1 saturated heterocycles. The SMILES string of the molecule is CN=C(N)NC1CCN(c2ccc(Br)cc2)C1.I. The number of aliphatic imine (C=N–C) groups is 1. The molecule has 1 heterocycles. The van der Waals surface area contributed by atoms with E-state index in [0.717, 1.165) is 24.0 Å². The number of halogens is 2. The van der Waals surface area contributed by atoms with E-state index in [9.17, 15) is 0 Å². The molecule has 0 radical (unpaired) electrons. The van der Waals surface area contributed by atoms with E-state index in [4.69, 9.17) is 5.73 Å². The van der Waals surface area contributed by atoms with E-state index in [1.165, 1.54) is 5.69 Å². The first-order valence-electron chi connectivity index (χ1n) is 5.68. The molecule has 2 rings (SSSR count). The summed E-state index contributed by atoms with van der Waals surface area (Å²) < 4.78 is 1.11. The van der Waals surface area contributed by atoms with Crippen molar-refractivity contribution in [1.82, 2.24) is 5.32 Å². The molecule has 3 N–H and O–H groups in total. The normalized spacial score (nSPS) is 19.6. The first kappa shape index (κ1) is 15.6. The van der Waals surface area contributed by atoms with Gasteiger partial charge in [-0.2, -0.15) is 0 Å². The number of hydrogen-bond acceptors (Lipinski definition) is 2. The van der Waals surface area contributed by atoms with Gasteiger partial charge in [0, 0.05) is 36.3 Å². The summed E-state index contributed by atoms with van der Waals surface area (Å²) >= 11 is 3.44. The van der Waals surface area contributed by atoms with Crippen LogP contribution in [0.2, 0.25) is 0 Å². The van der Waals surface area contributed by atoms with Crippen molar-refractivity contribution >= 4 is 51.6 Å². The number of rotatable bonds is 2. The van der Waals surface area contributed by atoms with Crippen LogP contribution in [0.5, 0.6) is 0 Å². The lowest BCUT2D eigenvalue weighted by Gasteiger charge is -2.19. The third kappa shape index (κ3) is 4.01. The maximum Gasteiger partial charge on any atom is 0.188 e. The average Bonchev–Trinajstić information content (AvgIpc) is 2.78. The zero-order valence-corrected chi connectivity index (χ0v) is 14.2. The van der Waals surface area contributed by atoms with Crippen LogP contribution in [0, 0.1) is 0 Å². The van der Waals surface area contributed by atoms with Crippen molar-refractivity contribution in [2.75, 3.05) is 25.0 Å². The molecule has 0 amide bonds. The molecule has 1 fully saturated rings. The first-order chi connectivity index (χ1) is 8.19. The van der Waals surface area contributed by atoms with Crippen molar-refractivity contribution in [1.29, 1.82) is 0 Å². The van der Waals surface area contributed by atoms with Gasteiger partial charge >= 0.3 is 0 Å². The van der Waals surface area contributed by atoms with Crippen molar-refractivity contribution in [2.24, 2.45) is 10.7 Å². The maximum absolute atomic E-state index is 5.67. The van der Waals surface area contributed by atoms with Crippen LogP contribution in [0.4, 0.5) is 5.69 Å². The average molecular weight is 425 g/mol. The Morgan fingerprint density at radius 1 is 1.44 bits per heavy atom. The minimum atomic E-state index is 0. The molecule has 1 atom stereocenters. The van der Waals surface area contributed by atoms with Gasteiger partial charge in [-0.15, -0.1) is 24.0 Å². The number of guanidine groups is 1. The highest BCUT2D eigenvalue weighted by Crippen LogP contribution is 2.22. The van der Waals surface area contributed by atoms with Crippen molar-refractivity contribution in [2.45, 2.75) is 12.5 Å². The van der Waals surface area contributed by atoms with Crippen molar-refractivity contribution < 1.29 is 0 Å². The van der Waals surface area contributed by atoms with Gasteiger partial charge in [-0.25, -0.2) is 0 Å². The highest BCUT2D eigenvalue weighted by Gasteiger charge is 2.22. The Morgan fingerprint density at radius 3 is 2.72 bits per heavy atom. The van der Waals surface area contributed by atoms with E-state index in [2.05, 4.69) is 55.4 Å². The highest BCUT2D eigenvalue weighted by atomic mass is 127. The fourth-order valence-electron chi connectivity index (χ4n) is 2.04. The van der Waals surface area contributed by atoms with Crippen molar-refractivity contribution in [3.63, 3.8) is 0 Å². The summed E-state index contributed by atoms with van der Waals surface area (Å²) in [5.41, 5.74) is 6.93. The fourth-order valence-corrected chi connectivity index (χ4v) is 2.30. The Balaban J connectivity index is 0.00000162. The van der Waals surface area contributed by atoms with Crippen LogP contribution in [0.1, 0.15) is 6.42 Å². The van der Waals surface area contributed by atoms with E-state index in [-0.39, 0.29) is 24.0 Å². The molecule has 6 heteroatoms. The Kier molecular flexibility index (Phi) is 6.20. The maximum atomic E-state index is 5.67. The van der Waals surface area contributed by atoms with Crippen LogP contribution < -0.4 is 16.0 Å². The molecule has 0 aliphatic carbocycles. The van der Waals surface area contributed by atoms with Gasteiger partial charge in [0.1, 0.15) is 0 Å². The quantitative estimate of drug-likeness (QED) is 0.434. The predicted molar refractivity (Wildman–Crippen MR) is 90.9 cm³/mol. The van der Waals surface area contributed by atoms with E-state index in [1.54, 1.807) is 7.05 Å². The smallest absolute Gasteiger partial charge is 0.188 e. The number of benzene rings is 1. The monoisotopic (exact) mass is 424 g/mol. The van der Waals surface area contributed by atoms with Crippen molar-refractivity contribution in [3.05, 3.63) is 28.7 Å². The second kappa shape index (κ2) is 7.18. The lowest BCUT2D eigenvalue weighted by molar-refractivity contribution is 0.666. The number of nitrogens with zero attached hydrogens (tertiary/aromatic N) is 2. The Hall–Kier alpha value is -0.500. The number of anilines is 1. The molecule has 18 heavy (non-hydrogen) atoms. The van der Waals surface area contributed by atoms with Gasteiger partial charge in [-0.1, -0.05) is 15.9 Å². The molecule has 1 aromatic carbocycles. The van der Waals surface area contributed by atoms with E-state index < -0.39 is 0 Å². The summed E-state index contributed by atoms with van der Waals surface area (Å²) in [5.74, 6) is 0.521. The van der Waals surface area contributed by atoms with Gasteiger partial charge < -0.3 is 16.0 Å². The number of nitrogens with two attached hydrogens (primary N) is 1. The largest absolute Gasteiger partial charge is 0.370 e. The summed E-state index contributed by atoms with van der Waals surface area (Å²) in [7, 11) is 1.70. The van der Waals surface area contributed by atoms with Crippen LogP contribution in [0.25, 0.3) is 0 Å². The van der Waals surface area contributed by atoms with Crippen LogP contribution >= 0.6 is 39.9 Å². The Labute approximate surface area is 133 Å². The molecule has 4 nitrogen and oxygen atoms in total. The standard InChI is InChI=1S/C12H17BrN4.HI/c1-15-12(14)16-10-6-7-17(8-10)11-4-2-9(13)3-5-11;/h2-5,10H,6-8H2,1H3,(H3,14,15,16);1H. The molecule has 0 spiro atoms. The Morgan fingerprint density at radius 2 is 2.11 bits per heavy atom. The van der Waals surface area contributed by atoms with Gasteiger partial charge in [-0.3, -0.25) is 4.99 Å². The van der Waals surface area contributed by atoms with Gasteiger partial charge in [0.15, 0.2) is 5.96 Å². The predicted octanol–water partition coefficient (Wildman–Crippen LogP) is 2.18. The van der Waals surface area contributed by atoms with E-state index >= 15 is 0 Å². The molecule has 1 unspecified atom stereocenters. The summed E-state index contributed by atoms with van der Waals surface area (Å²) in [4.78, 5) is 6.27. The number of hydrogen-bond donors (Lipinski definition) is 2. The summed E-state index contributed by atoms with van der Waals surface area (Å²) in [5, 5.41) is 3.22.